The van der Waals surface area contributed by atoms with Crippen LogP contribution in [0.5, 0.6) is 5.75 Å². The molecule has 0 saturated carbocycles. The summed E-state index contributed by atoms with van der Waals surface area (Å²) in [5.41, 5.74) is 1.19. The molecule has 1 saturated heterocycles. The minimum absolute atomic E-state index is 0.523. The van der Waals surface area contributed by atoms with Gasteiger partial charge in [0.2, 0.25) is 0 Å². The average Bonchev–Trinajstić information content (AvgIpc) is 2.46. The topological polar surface area (TPSA) is 24.5 Å². The van der Waals surface area contributed by atoms with E-state index in [1.165, 1.54) is 5.69 Å². The number of hydrogen-bond acceptors (Lipinski definition) is 3. The number of nitrogens with zero attached hydrogens (tertiary/aromatic N) is 1. The van der Waals surface area contributed by atoms with Gasteiger partial charge in [-0.1, -0.05) is 32.4 Å². The summed E-state index contributed by atoms with van der Waals surface area (Å²) in [6, 6.07) is 7.13. The molecule has 1 N–H and O–H groups in total. The second kappa shape index (κ2) is 6.68. The number of methoxy groups -OCH3 is 1. The SMILES string of the molecule is CCC1CNC(C(C)C)CN1c1ccc(OC)c(Cl)c1. The van der Waals surface area contributed by atoms with Gasteiger partial charge < -0.3 is 15.0 Å². The number of rotatable bonds is 4. The molecule has 0 bridgehead atoms. The van der Waals surface area contributed by atoms with Crippen LogP contribution < -0.4 is 15.0 Å². The molecule has 1 aliphatic heterocycles. The highest BCUT2D eigenvalue weighted by atomic mass is 35.5. The average molecular weight is 297 g/mol. The summed E-state index contributed by atoms with van der Waals surface area (Å²) in [5.74, 6) is 1.36. The van der Waals surface area contributed by atoms with Crippen LogP contribution in [0.15, 0.2) is 18.2 Å². The first kappa shape index (κ1) is 15.5. The van der Waals surface area contributed by atoms with E-state index in [4.69, 9.17) is 16.3 Å². The molecule has 0 aromatic heterocycles. The van der Waals surface area contributed by atoms with Crippen LogP contribution in [0.1, 0.15) is 27.2 Å². The maximum Gasteiger partial charge on any atom is 0.137 e. The monoisotopic (exact) mass is 296 g/mol. The van der Waals surface area contributed by atoms with Gasteiger partial charge in [-0.25, -0.2) is 0 Å². The van der Waals surface area contributed by atoms with Crippen molar-refractivity contribution in [3.8, 4) is 5.75 Å². The first-order chi connectivity index (χ1) is 9.56. The van der Waals surface area contributed by atoms with Crippen LogP contribution in [-0.2, 0) is 0 Å². The third kappa shape index (κ3) is 3.21. The van der Waals surface area contributed by atoms with Crippen molar-refractivity contribution < 1.29 is 4.74 Å². The number of benzene rings is 1. The smallest absolute Gasteiger partial charge is 0.137 e. The van der Waals surface area contributed by atoms with Crippen molar-refractivity contribution in [2.45, 2.75) is 39.3 Å². The fraction of sp³-hybridized carbons (Fsp3) is 0.625. The fourth-order valence-corrected chi connectivity index (χ4v) is 3.04. The van der Waals surface area contributed by atoms with E-state index < -0.39 is 0 Å². The van der Waals surface area contributed by atoms with Crippen molar-refractivity contribution in [1.29, 1.82) is 0 Å². The van der Waals surface area contributed by atoms with Crippen LogP contribution in [0.2, 0.25) is 5.02 Å². The van der Waals surface area contributed by atoms with E-state index in [0.29, 0.717) is 23.0 Å². The van der Waals surface area contributed by atoms with Crippen molar-refractivity contribution >= 4 is 17.3 Å². The molecule has 0 amide bonds. The minimum Gasteiger partial charge on any atom is -0.495 e. The Morgan fingerprint density at radius 1 is 1.45 bits per heavy atom. The van der Waals surface area contributed by atoms with Crippen LogP contribution in [0, 0.1) is 5.92 Å². The second-order valence-corrected chi connectivity index (χ2v) is 6.20. The van der Waals surface area contributed by atoms with E-state index in [1.54, 1.807) is 7.11 Å². The first-order valence-corrected chi connectivity index (χ1v) is 7.78. The lowest BCUT2D eigenvalue weighted by atomic mass is 9.98. The molecule has 112 valence electrons. The van der Waals surface area contributed by atoms with E-state index in [-0.39, 0.29) is 0 Å². The Morgan fingerprint density at radius 2 is 2.20 bits per heavy atom. The van der Waals surface area contributed by atoms with Crippen LogP contribution in [0.4, 0.5) is 5.69 Å². The van der Waals surface area contributed by atoms with Crippen molar-refractivity contribution in [1.82, 2.24) is 5.32 Å². The van der Waals surface area contributed by atoms with Crippen molar-refractivity contribution in [3.05, 3.63) is 23.2 Å². The summed E-state index contributed by atoms with van der Waals surface area (Å²) < 4.78 is 5.24. The van der Waals surface area contributed by atoms with Gasteiger partial charge in [-0.2, -0.15) is 0 Å². The third-order valence-corrected chi connectivity index (χ3v) is 4.49. The highest BCUT2D eigenvalue weighted by molar-refractivity contribution is 6.32. The molecule has 4 heteroatoms. The molecule has 1 fully saturated rings. The molecular formula is C16H25ClN2O. The number of hydrogen-bond donors (Lipinski definition) is 1. The van der Waals surface area contributed by atoms with Crippen LogP contribution in [0.25, 0.3) is 0 Å². The van der Waals surface area contributed by atoms with Gasteiger partial charge in [0.05, 0.1) is 12.1 Å². The van der Waals surface area contributed by atoms with E-state index in [0.717, 1.165) is 25.3 Å². The van der Waals surface area contributed by atoms with Gasteiger partial charge in [0.1, 0.15) is 5.75 Å². The summed E-state index contributed by atoms with van der Waals surface area (Å²) in [4.78, 5) is 2.48. The number of ether oxygens (including phenoxy) is 1. The zero-order chi connectivity index (χ0) is 14.7. The lowest BCUT2D eigenvalue weighted by Gasteiger charge is -2.43. The molecule has 1 aromatic carbocycles. The number of piperazine rings is 1. The Bertz CT molecular complexity index is 450. The number of anilines is 1. The third-order valence-electron chi connectivity index (χ3n) is 4.19. The molecule has 0 spiro atoms. The van der Waals surface area contributed by atoms with Gasteiger partial charge >= 0.3 is 0 Å². The predicted molar refractivity (Wildman–Crippen MR) is 86.1 cm³/mol. The van der Waals surface area contributed by atoms with Gasteiger partial charge in [-0.05, 0) is 30.5 Å². The van der Waals surface area contributed by atoms with Crippen molar-refractivity contribution in [3.63, 3.8) is 0 Å². The lowest BCUT2D eigenvalue weighted by Crippen LogP contribution is -2.58. The maximum absolute atomic E-state index is 6.27. The fourth-order valence-electron chi connectivity index (χ4n) is 2.78. The highest BCUT2D eigenvalue weighted by Gasteiger charge is 2.28. The lowest BCUT2D eigenvalue weighted by molar-refractivity contribution is 0.325. The molecule has 2 unspecified atom stereocenters. The molecule has 20 heavy (non-hydrogen) atoms. The van der Waals surface area contributed by atoms with E-state index >= 15 is 0 Å². The Hall–Kier alpha value is -0.930. The zero-order valence-electron chi connectivity index (χ0n) is 12.8. The van der Waals surface area contributed by atoms with Gasteiger partial charge in [0, 0.05) is 30.9 Å². The normalized spacial score (nSPS) is 23.2. The van der Waals surface area contributed by atoms with E-state index in [1.807, 2.05) is 12.1 Å². The molecular weight excluding hydrogens is 272 g/mol. The zero-order valence-corrected chi connectivity index (χ0v) is 13.6. The van der Waals surface area contributed by atoms with Crippen LogP contribution in [0.3, 0.4) is 0 Å². The van der Waals surface area contributed by atoms with Crippen molar-refractivity contribution in [2.75, 3.05) is 25.1 Å². The van der Waals surface area contributed by atoms with Crippen molar-refractivity contribution in [2.24, 2.45) is 5.92 Å². The van der Waals surface area contributed by atoms with Gasteiger partial charge in [0.15, 0.2) is 0 Å². The number of halogens is 1. The van der Waals surface area contributed by atoms with Gasteiger partial charge in [0.25, 0.3) is 0 Å². The molecule has 1 heterocycles. The Morgan fingerprint density at radius 3 is 2.75 bits per heavy atom. The standard InChI is InChI=1S/C16H25ClN2O/c1-5-12-9-18-15(11(2)3)10-19(12)13-6-7-16(20-4)14(17)8-13/h6-8,11-12,15,18H,5,9-10H2,1-4H3. The van der Waals surface area contributed by atoms with E-state index in [2.05, 4.69) is 37.1 Å². The molecule has 0 radical (unpaired) electrons. The Kier molecular flexibility index (Phi) is 5.17. The quantitative estimate of drug-likeness (QED) is 0.919. The van der Waals surface area contributed by atoms with Gasteiger partial charge in [-0.15, -0.1) is 0 Å². The Balaban J connectivity index is 2.24. The summed E-state index contributed by atoms with van der Waals surface area (Å²) in [7, 11) is 1.65. The van der Waals surface area contributed by atoms with Gasteiger partial charge in [-0.3, -0.25) is 0 Å². The van der Waals surface area contributed by atoms with Crippen LogP contribution in [-0.4, -0.2) is 32.3 Å². The summed E-state index contributed by atoms with van der Waals surface area (Å²) in [5, 5.41) is 4.34. The molecule has 1 aromatic rings. The highest BCUT2D eigenvalue weighted by Crippen LogP contribution is 2.31. The molecule has 3 nitrogen and oxygen atoms in total. The largest absolute Gasteiger partial charge is 0.495 e. The number of nitrogens with one attached hydrogen (secondary N) is 1. The predicted octanol–water partition coefficient (Wildman–Crippen LogP) is 3.56. The van der Waals surface area contributed by atoms with E-state index in [9.17, 15) is 0 Å². The molecule has 2 atom stereocenters. The summed E-state index contributed by atoms with van der Waals surface area (Å²) >= 11 is 6.27. The second-order valence-electron chi connectivity index (χ2n) is 5.79. The summed E-state index contributed by atoms with van der Waals surface area (Å²) in [6.07, 6.45) is 1.13. The molecule has 1 aliphatic rings. The maximum atomic E-state index is 6.27. The summed E-state index contributed by atoms with van der Waals surface area (Å²) in [6.45, 7) is 8.83. The first-order valence-electron chi connectivity index (χ1n) is 7.40. The molecule has 0 aliphatic carbocycles. The Labute approximate surface area is 127 Å². The van der Waals surface area contributed by atoms with Crippen LogP contribution >= 0.6 is 11.6 Å². The molecule has 2 rings (SSSR count). The minimum atomic E-state index is 0.523.